The molecule has 28 heavy (non-hydrogen) atoms. The summed E-state index contributed by atoms with van der Waals surface area (Å²) < 4.78 is 5.38. The first kappa shape index (κ1) is 19.8. The molecule has 0 unspecified atom stereocenters. The SMILES string of the molecule is Cc1cc(OCC(=O)NNC(=O)CCCc2c[nH]c3ccccc23)ccc1Cl. The van der Waals surface area contributed by atoms with E-state index in [2.05, 4.69) is 21.9 Å². The molecule has 0 saturated carbocycles. The van der Waals surface area contributed by atoms with Gasteiger partial charge in [0.1, 0.15) is 5.75 Å². The molecule has 0 saturated heterocycles. The number of carbonyl (C=O) groups excluding carboxylic acids is 2. The van der Waals surface area contributed by atoms with Gasteiger partial charge in [-0.05, 0) is 55.2 Å². The van der Waals surface area contributed by atoms with Gasteiger partial charge in [-0.2, -0.15) is 0 Å². The van der Waals surface area contributed by atoms with Crippen LogP contribution in [-0.4, -0.2) is 23.4 Å². The van der Waals surface area contributed by atoms with Crippen LogP contribution in [0, 0.1) is 6.92 Å². The maximum absolute atomic E-state index is 11.9. The largest absolute Gasteiger partial charge is 0.484 e. The molecule has 146 valence electrons. The van der Waals surface area contributed by atoms with Gasteiger partial charge >= 0.3 is 0 Å². The molecule has 6 nitrogen and oxygen atoms in total. The second kappa shape index (κ2) is 9.28. The van der Waals surface area contributed by atoms with Crippen molar-refractivity contribution in [2.24, 2.45) is 0 Å². The maximum Gasteiger partial charge on any atom is 0.276 e. The number of fused-ring (bicyclic) bond motifs is 1. The number of para-hydroxylation sites is 1. The van der Waals surface area contributed by atoms with Crippen molar-refractivity contribution >= 4 is 34.3 Å². The summed E-state index contributed by atoms with van der Waals surface area (Å²) in [5, 5.41) is 1.81. The van der Waals surface area contributed by atoms with Crippen molar-refractivity contribution in [2.45, 2.75) is 26.2 Å². The van der Waals surface area contributed by atoms with Crippen molar-refractivity contribution in [2.75, 3.05) is 6.61 Å². The Labute approximate surface area is 168 Å². The second-order valence-electron chi connectivity index (χ2n) is 6.51. The molecule has 3 rings (SSSR count). The minimum Gasteiger partial charge on any atom is -0.484 e. The smallest absolute Gasteiger partial charge is 0.276 e. The van der Waals surface area contributed by atoms with Crippen molar-refractivity contribution in [1.29, 1.82) is 0 Å². The van der Waals surface area contributed by atoms with E-state index < -0.39 is 5.91 Å². The molecule has 0 bridgehead atoms. The zero-order chi connectivity index (χ0) is 19.9. The average molecular weight is 400 g/mol. The monoisotopic (exact) mass is 399 g/mol. The maximum atomic E-state index is 11.9. The number of hydrazine groups is 1. The van der Waals surface area contributed by atoms with E-state index in [0.29, 0.717) is 23.6 Å². The van der Waals surface area contributed by atoms with E-state index in [1.165, 1.54) is 10.9 Å². The topological polar surface area (TPSA) is 83.2 Å². The van der Waals surface area contributed by atoms with Crippen molar-refractivity contribution in [1.82, 2.24) is 15.8 Å². The van der Waals surface area contributed by atoms with Gasteiger partial charge in [-0.3, -0.25) is 20.4 Å². The number of aryl methyl sites for hydroxylation is 2. The summed E-state index contributed by atoms with van der Waals surface area (Å²) in [6, 6.07) is 13.2. The number of amides is 2. The third-order valence-electron chi connectivity index (χ3n) is 4.37. The molecule has 0 aliphatic heterocycles. The van der Waals surface area contributed by atoms with Gasteiger partial charge in [0, 0.05) is 28.5 Å². The number of benzene rings is 2. The highest BCUT2D eigenvalue weighted by atomic mass is 35.5. The first-order valence-corrected chi connectivity index (χ1v) is 9.42. The van der Waals surface area contributed by atoms with E-state index in [1.807, 2.05) is 31.3 Å². The fourth-order valence-electron chi connectivity index (χ4n) is 2.87. The van der Waals surface area contributed by atoms with Crippen LogP contribution in [-0.2, 0) is 16.0 Å². The van der Waals surface area contributed by atoms with E-state index in [-0.39, 0.29) is 12.5 Å². The number of nitrogens with one attached hydrogen (secondary N) is 3. The van der Waals surface area contributed by atoms with E-state index in [0.717, 1.165) is 17.5 Å². The van der Waals surface area contributed by atoms with Crippen molar-refractivity contribution in [3.05, 3.63) is 64.8 Å². The fourth-order valence-corrected chi connectivity index (χ4v) is 2.99. The molecule has 0 atom stereocenters. The van der Waals surface area contributed by atoms with Crippen molar-refractivity contribution in [3.63, 3.8) is 0 Å². The zero-order valence-electron chi connectivity index (χ0n) is 15.5. The molecular formula is C21H22ClN3O3. The molecule has 1 aromatic heterocycles. The Hall–Kier alpha value is -2.99. The molecule has 0 radical (unpaired) electrons. The number of H-pyrrole nitrogens is 1. The van der Waals surface area contributed by atoms with Crippen LogP contribution in [0.15, 0.2) is 48.7 Å². The minimum absolute atomic E-state index is 0.198. The zero-order valence-corrected chi connectivity index (χ0v) is 16.3. The molecule has 0 aliphatic carbocycles. The van der Waals surface area contributed by atoms with Gasteiger partial charge in [-0.1, -0.05) is 29.8 Å². The lowest BCUT2D eigenvalue weighted by atomic mass is 10.1. The van der Waals surface area contributed by atoms with Crippen LogP contribution >= 0.6 is 11.6 Å². The molecule has 2 aromatic carbocycles. The van der Waals surface area contributed by atoms with Gasteiger partial charge in [0.05, 0.1) is 0 Å². The number of rotatable bonds is 7. The molecule has 2 amide bonds. The van der Waals surface area contributed by atoms with Crippen LogP contribution in [0.3, 0.4) is 0 Å². The molecule has 3 aromatic rings. The summed E-state index contributed by atoms with van der Waals surface area (Å²) in [6.45, 7) is 1.66. The number of halogens is 1. The highest BCUT2D eigenvalue weighted by molar-refractivity contribution is 6.31. The Morgan fingerprint density at radius 3 is 2.71 bits per heavy atom. The Bertz CT molecular complexity index is 984. The lowest BCUT2D eigenvalue weighted by molar-refractivity contribution is -0.130. The summed E-state index contributed by atoms with van der Waals surface area (Å²) >= 11 is 5.95. The molecule has 0 fully saturated rings. The van der Waals surface area contributed by atoms with Crippen molar-refractivity contribution in [3.8, 4) is 5.75 Å². The predicted octanol–water partition coefficient (Wildman–Crippen LogP) is 3.68. The minimum atomic E-state index is -0.433. The summed E-state index contributed by atoms with van der Waals surface area (Å²) in [5.41, 5.74) is 7.90. The third kappa shape index (κ3) is 5.27. The predicted molar refractivity (Wildman–Crippen MR) is 109 cm³/mol. The second-order valence-corrected chi connectivity index (χ2v) is 6.92. The van der Waals surface area contributed by atoms with Crippen LogP contribution in [0.4, 0.5) is 0 Å². The van der Waals surface area contributed by atoms with Crippen LogP contribution in [0.2, 0.25) is 5.02 Å². The summed E-state index contributed by atoms with van der Waals surface area (Å²) in [4.78, 5) is 26.9. The van der Waals surface area contributed by atoms with E-state index >= 15 is 0 Å². The summed E-state index contributed by atoms with van der Waals surface area (Å²) in [7, 11) is 0. The number of carbonyl (C=O) groups is 2. The van der Waals surface area contributed by atoms with E-state index in [9.17, 15) is 9.59 Å². The number of ether oxygens (including phenoxy) is 1. The molecular weight excluding hydrogens is 378 g/mol. The van der Waals surface area contributed by atoms with Crippen LogP contribution < -0.4 is 15.6 Å². The van der Waals surface area contributed by atoms with Crippen LogP contribution in [0.1, 0.15) is 24.0 Å². The molecule has 1 heterocycles. The Kier molecular flexibility index (Phi) is 6.55. The Morgan fingerprint density at radius 2 is 1.89 bits per heavy atom. The summed E-state index contributed by atoms with van der Waals surface area (Å²) in [6.07, 6.45) is 3.76. The Balaban J connectivity index is 1.35. The molecule has 3 N–H and O–H groups in total. The molecule has 0 spiro atoms. The standard InChI is InChI=1S/C21H22ClN3O3/c1-14-11-16(9-10-18(14)22)28-13-21(27)25-24-20(26)8-4-5-15-12-23-19-7-3-2-6-17(15)19/h2-3,6-7,9-12,23H,4-5,8,13H2,1H3,(H,24,26)(H,25,27). The first-order chi connectivity index (χ1) is 13.5. The van der Waals surface area contributed by atoms with Crippen LogP contribution in [0.25, 0.3) is 10.9 Å². The van der Waals surface area contributed by atoms with Gasteiger partial charge < -0.3 is 9.72 Å². The van der Waals surface area contributed by atoms with E-state index in [1.54, 1.807) is 18.2 Å². The van der Waals surface area contributed by atoms with E-state index in [4.69, 9.17) is 16.3 Å². The highest BCUT2D eigenvalue weighted by Gasteiger charge is 2.08. The lowest BCUT2D eigenvalue weighted by Crippen LogP contribution is -2.43. The lowest BCUT2D eigenvalue weighted by Gasteiger charge is -2.09. The van der Waals surface area contributed by atoms with Crippen molar-refractivity contribution < 1.29 is 14.3 Å². The Morgan fingerprint density at radius 1 is 1.11 bits per heavy atom. The average Bonchev–Trinajstić information content (AvgIpc) is 3.10. The number of hydrogen-bond acceptors (Lipinski definition) is 3. The van der Waals surface area contributed by atoms with Gasteiger partial charge in [0.2, 0.25) is 5.91 Å². The first-order valence-electron chi connectivity index (χ1n) is 9.04. The van der Waals surface area contributed by atoms with Gasteiger partial charge in [-0.15, -0.1) is 0 Å². The third-order valence-corrected chi connectivity index (χ3v) is 4.79. The number of hydrogen-bond donors (Lipinski definition) is 3. The fraction of sp³-hybridized carbons (Fsp3) is 0.238. The van der Waals surface area contributed by atoms with Gasteiger partial charge in [0.25, 0.3) is 5.91 Å². The summed E-state index contributed by atoms with van der Waals surface area (Å²) in [5.74, 6) is -0.129. The van der Waals surface area contributed by atoms with Crippen LogP contribution in [0.5, 0.6) is 5.75 Å². The number of aromatic nitrogens is 1. The molecule has 0 aliphatic rings. The number of aromatic amines is 1. The normalized spacial score (nSPS) is 10.6. The highest BCUT2D eigenvalue weighted by Crippen LogP contribution is 2.21. The molecule has 7 heteroatoms. The quantitative estimate of drug-likeness (QED) is 0.530. The van der Waals surface area contributed by atoms with Gasteiger partial charge in [-0.25, -0.2) is 0 Å². The van der Waals surface area contributed by atoms with Gasteiger partial charge in [0.15, 0.2) is 6.61 Å².